The number of amides is 1. The molecule has 158 valence electrons. The van der Waals surface area contributed by atoms with Crippen LogP contribution in [0.3, 0.4) is 0 Å². The zero-order valence-corrected chi connectivity index (χ0v) is 18.1. The van der Waals surface area contributed by atoms with E-state index in [-0.39, 0.29) is 17.2 Å². The number of furan rings is 1. The number of anilines is 1. The molecule has 4 rings (SSSR count). The lowest BCUT2D eigenvalue weighted by Crippen LogP contribution is -2.30. The van der Waals surface area contributed by atoms with Crippen LogP contribution in [0.25, 0.3) is 11.0 Å². The molecule has 7 heteroatoms. The predicted octanol–water partition coefficient (Wildman–Crippen LogP) is 4.13. The molecule has 0 radical (unpaired) electrons. The van der Waals surface area contributed by atoms with E-state index < -0.39 is 10.0 Å². The van der Waals surface area contributed by atoms with Crippen LogP contribution in [0.2, 0.25) is 0 Å². The van der Waals surface area contributed by atoms with E-state index >= 15 is 0 Å². The van der Waals surface area contributed by atoms with E-state index in [9.17, 15) is 13.2 Å². The van der Waals surface area contributed by atoms with Gasteiger partial charge in [-0.15, -0.1) is 0 Å². The summed E-state index contributed by atoms with van der Waals surface area (Å²) in [5.74, 6) is -0.169. The molecule has 0 aliphatic heterocycles. The largest absolute Gasteiger partial charge is 0.464 e. The number of sulfonamides is 1. The van der Waals surface area contributed by atoms with Crippen LogP contribution in [0.4, 0.5) is 5.69 Å². The smallest absolute Gasteiger partial charge is 0.243 e. The molecular formula is C23H26N2O4S. The molecule has 1 N–H and O–H groups in total. The first-order valence-corrected chi connectivity index (χ1v) is 11.8. The van der Waals surface area contributed by atoms with Gasteiger partial charge in [-0.05, 0) is 66.8 Å². The molecule has 1 aliphatic carbocycles. The molecular weight excluding hydrogens is 400 g/mol. The average Bonchev–Trinajstić information content (AvgIpc) is 3.34. The number of aryl methyl sites for hydroxylation is 2. The van der Waals surface area contributed by atoms with E-state index in [0.29, 0.717) is 18.8 Å². The summed E-state index contributed by atoms with van der Waals surface area (Å²) in [6.07, 6.45) is 5.18. The fraction of sp³-hybridized carbons (Fsp3) is 0.348. The molecule has 0 saturated heterocycles. The van der Waals surface area contributed by atoms with Crippen molar-refractivity contribution in [3.63, 3.8) is 0 Å². The number of rotatable bonds is 7. The first-order chi connectivity index (χ1) is 14.4. The average molecular weight is 427 g/mol. The van der Waals surface area contributed by atoms with Crippen molar-refractivity contribution >= 4 is 32.6 Å². The summed E-state index contributed by atoms with van der Waals surface area (Å²) < 4.78 is 32.2. The van der Waals surface area contributed by atoms with E-state index in [1.54, 1.807) is 18.4 Å². The summed E-state index contributed by atoms with van der Waals surface area (Å²) in [6.45, 7) is 4.45. The zero-order chi connectivity index (χ0) is 21.3. The molecule has 1 heterocycles. The minimum Gasteiger partial charge on any atom is -0.464 e. The number of hydrogen-bond acceptors (Lipinski definition) is 4. The second-order valence-electron chi connectivity index (χ2n) is 7.57. The standard InChI is InChI=1S/C23H26N2O4S/c1-3-25(4-2)30(27,28)20-10-8-19(9-11-20)24-23(26)14-18-15-29-22-13-17-7-5-6-16(17)12-21(18)22/h8-13,15H,3-7,14H2,1-2H3,(H,24,26). The Labute approximate surface area is 176 Å². The third-order valence-corrected chi connectivity index (χ3v) is 7.76. The van der Waals surface area contributed by atoms with Crippen molar-refractivity contribution < 1.29 is 17.6 Å². The van der Waals surface area contributed by atoms with Gasteiger partial charge in [0.1, 0.15) is 5.58 Å². The molecule has 1 amide bonds. The molecule has 6 nitrogen and oxygen atoms in total. The Kier molecular flexibility index (Phi) is 5.66. The molecule has 0 bridgehead atoms. The van der Waals surface area contributed by atoms with Gasteiger partial charge in [-0.2, -0.15) is 4.31 Å². The van der Waals surface area contributed by atoms with Crippen molar-refractivity contribution in [1.29, 1.82) is 0 Å². The molecule has 0 saturated carbocycles. The first-order valence-electron chi connectivity index (χ1n) is 10.3. The van der Waals surface area contributed by atoms with Crippen molar-refractivity contribution in [2.75, 3.05) is 18.4 Å². The first kappa shape index (κ1) is 20.6. The Balaban J connectivity index is 1.47. The Bertz CT molecular complexity index is 1180. The van der Waals surface area contributed by atoms with Gasteiger partial charge in [-0.3, -0.25) is 4.79 Å². The normalized spacial score (nSPS) is 13.7. The molecule has 1 aliphatic rings. The van der Waals surface area contributed by atoms with Crippen molar-refractivity contribution in [1.82, 2.24) is 4.31 Å². The Morgan fingerprint density at radius 1 is 1.07 bits per heavy atom. The molecule has 2 aromatic carbocycles. The van der Waals surface area contributed by atoms with Gasteiger partial charge in [0.25, 0.3) is 0 Å². The molecule has 0 atom stereocenters. The SMILES string of the molecule is CCN(CC)S(=O)(=O)c1ccc(NC(=O)Cc2coc3cc4c(cc23)CCC4)cc1. The third-order valence-electron chi connectivity index (χ3n) is 5.70. The van der Waals surface area contributed by atoms with Crippen molar-refractivity contribution in [2.24, 2.45) is 0 Å². The van der Waals surface area contributed by atoms with E-state index in [1.165, 1.54) is 27.6 Å². The number of nitrogens with one attached hydrogen (secondary N) is 1. The van der Waals surface area contributed by atoms with Gasteiger partial charge in [0.15, 0.2) is 0 Å². The Morgan fingerprint density at radius 3 is 2.40 bits per heavy atom. The second kappa shape index (κ2) is 8.24. The number of nitrogens with zero attached hydrogens (tertiary/aromatic N) is 1. The topological polar surface area (TPSA) is 79.6 Å². The van der Waals surface area contributed by atoms with Crippen LogP contribution in [-0.2, 0) is 34.1 Å². The predicted molar refractivity (Wildman–Crippen MR) is 117 cm³/mol. The third kappa shape index (κ3) is 3.87. The second-order valence-corrected chi connectivity index (χ2v) is 9.51. The number of hydrogen-bond donors (Lipinski definition) is 1. The summed E-state index contributed by atoms with van der Waals surface area (Å²) >= 11 is 0. The van der Waals surface area contributed by atoms with Gasteiger partial charge in [-0.25, -0.2) is 8.42 Å². The van der Waals surface area contributed by atoms with Crippen molar-refractivity contribution in [3.05, 3.63) is 59.4 Å². The highest BCUT2D eigenvalue weighted by molar-refractivity contribution is 7.89. The molecule has 0 fully saturated rings. The Hall–Kier alpha value is -2.64. The molecule has 3 aromatic rings. The van der Waals surface area contributed by atoms with Crippen LogP contribution in [-0.4, -0.2) is 31.7 Å². The molecule has 0 unspecified atom stereocenters. The maximum Gasteiger partial charge on any atom is 0.243 e. The highest BCUT2D eigenvalue weighted by Gasteiger charge is 2.21. The Morgan fingerprint density at radius 2 is 1.73 bits per heavy atom. The monoisotopic (exact) mass is 426 g/mol. The number of carbonyl (C=O) groups is 1. The van der Waals surface area contributed by atoms with Crippen molar-refractivity contribution in [3.8, 4) is 0 Å². The maximum atomic E-state index is 12.6. The number of benzene rings is 2. The van der Waals surface area contributed by atoms with Gasteiger partial charge in [-0.1, -0.05) is 13.8 Å². The molecule has 1 aromatic heterocycles. The van der Waals surface area contributed by atoms with E-state index in [4.69, 9.17) is 4.42 Å². The van der Waals surface area contributed by atoms with Gasteiger partial charge >= 0.3 is 0 Å². The molecule has 30 heavy (non-hydrogen) atoms. The van der Waals surface area contributed by atoms with E-state index in [0.717, 1.165) is 35.8 Å². The van der Waals surface area contributed by atoms with Crippen molar-refractivity contribution in [2.45, 2.75) is 44.4 Å². The fourth-order valence-electron chi connectivity index (χ4n) is 4.09. The summed E-state index contributed by atoms with van der Waals surface area (Å²) in [5.41, 5.74) is 4.93. The van der Waals surface area contributed by atoms with Crippen LogP contribution in [0.5, 0.6) is 0 Å². The van der Waals surface area contributed by atoms with E-state index in [2.05, 4.69) is 17.4 Å². The minimum absolute atomic E-state index is 0.169. The minimum atomic E-state index is -3.51. The van der Waals surface area contributed by atoms with Crippen LogP contribution in [0.1, 0.15) is 37.0 Å². The quantitative estimate of drug-likeness (QED) is 0.616. The van der Waals surface area contributed by atoms with Crippen LogP contribution in [0, 0.1) is 0 Å². The van der Waals surface area contributed by atoms with Crippen LogP contribution < -0.4 is 5.32 Å². The number of carbonyl (C=O) groups excluding carboxylic acids is 1. The van der Waals surface area contributed by atoms with Crippen LogP contribution >= 0.6 is 0 Å². The van der Waals surface area contributed by atoms with Gasteiger partial charge in [0.2, 0.25) is 15.9 Å². The number of fused-ring (bicyclic) bond motifs is 2. The van der Waals surface area contributed by atoms with Gasteiger partial charge in [0, 0.05) is 29.7 Å². The van der Waals surface area contributed by atoms with E-state index in [1.807, 2.05) is 13.8 Å². The highest BCUT2D eigenvalue weighted by Crippen LogP contribution is 2.30. The van der Waals surface area contributed by atoms with Gasteiger partial charge < -0.3 is 9.73 Å². The summed E-state index contributed by atoms with van der Waals surface area (Å²) in [4.78, 5) is 12.8. The lowest BCUT2D eigenvalue weighted by Gasteiger charge is -2.18. The zero-order valence-electron chi connectivity index (χ0n) is 17.3. The van der Waals surface area contributed by atoms with Crippen LogP contribution in [0.15, 0.2) is 52.0 Å². The fourth-order valence-corrected chi connectivity index (χ4v) is 5.54. The summed E-state index contributed by atoms with van der Waals surface area (Å²) in [5, 5.41) is 3.84. The molecule has 0 spiro atoms. The lowest BCUT2D eigenvalue weighted by atomic mass is 10.0. The maximum absolute atomic E-state index is 12.6. The highest BCUT2D eigenvalue weighted by atomic mass is 32.2. The lowest BCUT2D eigenvalue weighted by molar-refractivity contribution is -0.115. The summed E-state index contributed by atoms with van der Waals surface area (Å²) in [6, 6.07) is 10.5. The summed E-state index contributed by atoms with van der Waals surface area (Å²) in [7, 11) is -3.51. The van der Waals surface area contributed by atoms with Gasteiger partial charge in [0.05, 0.1) is 17.6 Å².